The lowest BCUT2D eigenvalue weighted by molar-refractivity contribution is 1.07. The number of nitrogens with one attached hydrogen (secondary N) is 1. The maximum atomic E-state index is 5.25. The van der Waals surface area contributed by atoms with Crippen LogP contribution in [0, 0.1) is 12.3 Å². The fourth-order valence-corrected chi connectivity index (χ4v) is 1.23. The molecule has 2 rings (SSSR count). The van der Waals surface area contributed by atoms with Crippen LogP contribution in [0.2, 0.25) is 0 Å². The monoisotopic (exact) mass is 145 g/mol. The predicted octanol–water partition coefficient (Wildman–Crippen LogP) is 0.426. The van der Waals surface area contributed by atoms with Crippen molar-refractivity contribution >= 4 is 5.82 Å². The van der Waals surface area contributed by atoms with Crippen LogP contribution in [0.4, 0.5) is 5.82 Å². The van der Waals surface area contributed by atoms with Gasteiger partial charge >= 0.3 is 0 Å². The Bertz CT molecular complexity index is 325. The van der Waals surface area contributed by atoms with Crippen molar-refractivity contribution in [1.29, 1.82) is 0 Å². The molecule has 1 N–H and O–H groups in total. The van der Waals surface area contributed by atoms with Gasteiger partial charge in [0, 0.05) is 12.1 Å². The maximum absolute atomic E-state index is 5.25. The van der Waals surface area contributed by atoms with Crippen LogP contribution in [0.5, 0.6) is 0 Å². The molecule has 0 aliphatic carbocycles. The number of fused-ring (bicyclic) bond motifs is 1. The molecule has 1 aliphatic rings. The Labute approximate surface area is 64.9 Å². The van der Waals surface area contributed by atoms with Gasteiger partial charge in [-0.1, -0.05) is 0 Å². The van der Waals surface area contributed by atoms with Gasteiger partial charge in [0.2, 0.25) is 0 Å². The third-order valence-electron chi connectivity index (χ3n) is 1.75. The van der Waals surface area contributed by atoms with Gasteiger partial charge in [0.05, 0.1) is 0 Å². The van der Waals surface area contributed by atoms with E-state index in [1.54, 1.807) is 0 Å². The Kier molecular flexibility index (Phi) is 1.26. The highest BCUT2D eigenvalue weighted by Crippen LogP contribution is 2.19. The quantitative estimate of drug-likeness (QED) is 0.538. The molecule has 1 aromatic heterocycles. The Morgan fingerprint density at radius 3 is 3.27 bits per heavy atom. The largest absolute Gasteiger partial charge is 0.369 e. The van der Waals surface area contributed by atoms with Gasteiger partial charge in [0.1, 0.15) is 17.8 Å². The molecule has 0 saturated carbocycles. The smallest absolute Gasteiger partial charge is 0.133 e. The van der Waals surface area contributed by atoms with Crippen molar-refractivity contribution < 1.29 is 0 Å². The third kappa shape index (κ3) is 0.838. The first-order valence-electron chi connectivity index (χ1n) is 3.46. The molecule has 0 fully saturated rings. The second-order valence-corrected chi connectivity index (χ2v) is 2.37. The molecule has 0 unspecified atom stereocenters. The zero-order chi connectivity index (χ0) is 7.68. The van der Waals surface area contributed by atoms with Gasteiger partial charge in [-0.25, -0.2) is 9.97 Å². The molecule has 3 heteroatoms. The van der Waals surface area contributed by atoms with Crippen molar-refractivity contribution in [3.05, 3.63) is 17.6 Å². The second-order valence-electron chi connectivity index (χ2n) is 2.37. The van der Waals surface area contributed by atoms with Gasteiger partial charge < -0.3 is 5.32 Å². The summed E-state index contributed by atoms with van der Waals surface area (Å²) in [6.45, 7) is 0.919. The third-order valence-corrected chi connectivity index (χ3v) is 1.75. The summed E-state index contributed by atoms with van der Waals surface area (Å²) in [6.07, 6.45) is 7.69. The molecule has 11 heavy (non-hydrogen) atoms. The predicted molar refractivity (Wildman–Crippen MR) is 42.2 cm³/mol. The molecule has 0 spiro atoms. The Morgan fingerprint density at radius 2 is 2.45 bits per heavy atom. The molecule has 1 aliphatic heterocycles. The van der Waals surface area contributed by atoms with E-state index in [-0.39, 0.29) is 0 Å². The zero-order valence-corrected chi connectivity index (χ0v) is 5.96. The second kappa shape index (κ2) is 2.24. The number of terminal acetylenes is 1. The van der Waals surface area contributed by atoms with Crippen molar-refractivity contribution in [2.45, 2.75) is 6.42 Å². The van der Waals surface area contributed by atoms with Gasteiger partial charge in [-0.05, 0) is 12.3 Å². The lowest BCUT2D eigenvalue weighted by Crippen LogP contribution is -1.93. The highest BCUT2D eigenvalue weighted by molar-refractivity contribution is 5.54. The molecule has 0 bridgehead atoms. The van der Waals surface area contributed by atoms with Gasteiger partial charge in [-0.3, -0.25) is 0 Å². The van der Waals surface area contributed by atoms with Crippen LogP contribution in [0.15, 0.2) is 6.33 Å². The van der Waals surface area contributed by atoms with Crippen LogP contribution >= 0.6 is 0 Å². The molecular formula is C8H7N3. The number of anilines is 1. The fourth-order valence-electron chi connectivity index (χ4n) is 1.23. The number of aromatic nitrogens is 2. The summed E-state index contributed by atoms with van der Waals surface area (Å²) in [4.78, 5) is 8.03. The van der Waals surface area contributed by atoms with Gasteiger partial charge in [0.15, 0.2) is 0 Å². The maximum Gasteiger partial charge on any atom is 0.133 e. The number of rotatable bonds is 0. The van der Waals surface area contributed by atoms with E-state index in [2.05, 4.69) is 21.2 Å². The van der Waals surface area contributed by atoms with Crippen LogP contribution < -0.4 is 5.32 Å². The van der Waals surface area contributed by atoms with E-state index in [4.69, 9.17) is 6.42 Å². The lowest BCUT2D eigenvalue weighted by atomic mass is 10.2. The Hall–Kier alpha value is -1.56. The van der Waals surface area contributed by atoms with Crippen LogP contribution in [0.25, 0.3) is 0 Å². The van der Waals surface area contributed by atoms with Crippen LogP contribution in [-0.2, 0) is 6.42 Å². The molecule has 0 atom stereocenters. The van der Waals surface area contributed by atoms with Crippen molar-refractivity contribution in [1.82, 2.24) is 9.97 Å². The highest BCUT2D eigenvalue weighted by Gasteiger charge is 2.14. The molecule has 0 aromatic carbocycles. The van der Waals surface area contributed by atoms with Gasteiger partial charge in [-0.2, -0.15) is 0 Å². The summed E-state index contributed by atoms with van der Waals surface area (Å²) >= 11 is 0. The Balaban J connectivity index is 2.61. The van der Waals surface area contributed by atoms with Crippen LogP contribution in [0.3, 0.4) is 0 Å². The lowest BCUT2D eigenvalue weighted by Gasteiger charge is -1.97. The van der Waals surface area contributed by atoms with Crippen molar-refractivity contribution in [3.8, 4) is 12.3 Å². The van der Waals surface area contributed by atoms with E-state index >= 15 is 0 Å². The number of hydrogen-bond acceptors (Lipinski definition) is 3. The molecule has 0 radical (unpaired) electrons. The average Bonchev–Trinajstić information content (AvgIpc) is 2.50. The first kappa shape index (κ1) is 6.17. The van der Waals surface area contributed by atoms with E-state index in [0.29, 0.717) is 0 Å². The van der Waals surface area contributed by atoms with Crippen molar-refractivity contribution in [2.75, 3.05) is 11.9 Å². The van der Waals surface area contributed by atoms with Crippen molar-refractivity contribution in [3.63, 3.8) is 0 Å². The van der Waals surface area contributed by atoms with E-state index in [9.17, 15) is 0 Å². The van der Waals surface area contributed by atoms with E-state index in [0.717, 1.165) is 30.0 Å². The standard InChI is InChI=1S/C8H7N3/c1-2-7-6-3-4-9-8(6)11-5-10-7/h1,5H,3-4H2,(H,9,10,11). The minimum absolute atomic E-state index is 0.722. The summed E-state index contributed by atoms with van der Waals surface area (Å²) in [7, 11) is 0. The van der Waals surface area contributed by atoms with Crippen molar-refractivity contribution in [2.24, 2.45) is 0 Å². The molecular weight excluding hydrogens is 138 g/mol. The van der Waals surface area contributed by atoms with Gasteiger partial charge in [-0.15, -0.1) is 6.42 Å². The Morgan fingerprint density at radius 1 is 1.55 bits per heavy atom. The molecule has 54 valence electrons. The van der Waals surface area contributed by atoms with Crippen LogP contribution in [-0.4, -0.2) is 16.5 Å². The first-order valence-corrected chi connectivity index (χ1v) is 3.46. The topological polar surface area (TPSA) is 37.8 Å². The molecule has 2 heterocycles. The summed E-state index contributed by atoms with van der Waals surface area (Å²) in [6, 6.07) is 0. The van der Waals surface area contributed by atoms with E-state index in [1.165, 1.54) is 6.33 Å². The normalized spacial score (nSPS) is 13.4. The van der Waals surface area contributed by atoms with E-state index < -0.39 is 0 Å². The number of hydrogen-bond donors (Lipinski definition) is 1. The minimum Gasteiger partial charge on any atom is -0.369 e. The van der Waals surface area contributed by atoms with Gasteiger partial charge in [0.25, 0.3) is 0 Å². The minimum atomic E-state index is 0.722. The molecule has 0 amide bonds. The summed E-state index contributed by atoms with van der Waals surface area (Å²) < 4.78 is 0. The summed E-state index contributed by atoms with van der Waals surface area (Å²) in [5.41, 5.74) is 1.80. The zero-order valence-electron chi connectivity index (χ0n) is 5.96. The first-order chi connectivity index (χ1) is 5.42. The highest BCUT2D eigenvalue weighted by atomic mass is 15.0. The molecule has 1 aromatic rings. The average molecular weight is 145 g/mol. The number of nitrogens with zero attached hydrogens (tertiary/aromatic N) is 2. The fraction of sp³-hybridized carbons (Fsp3) is 0.250. The SMILES string of the molecule is C#Cc1ncnc2c1CCN2. The van der Waals surface area contributed by atoms with E-state index in [1.807, 2.05) is 0 Å². The summed E-state index contributed by atoms with van der Waals surface area (Å²) in [5, 5.41) is 3.13. The molecule has 3 nitrogen and oxygen atoms in total. The molecule has 0 saturated heterocycles. The van der Waals surface area contributed by atoms with Crippen LogP contribution in [0.1, 0.15) is 11.3 Å². The summed E-state index contributed by atoms with van der Waals surface area (Å²) in [5.74, 6) is 3.43.